The zero-order valence-electron chi connectivity index (χ0n) is 9.30. The molecule has 0 radical (unpaired) electrons. The molecule has 0 saturated carbocycles. The van der Waals surface area contributed by atoms with E-state index >= 15 is 0 Å². The molecule has 86 valence electrons. The van der Waals surface area contributed by atoms with E-state index in [1.165, 1.54) is 7.11 Å². The topological polar surface area (TPSA) is 65.9 Å². The highest BCUT2D eigenvalue weighted by molar-refractivity contribution is 6.33. The third-order valence-electron chi connectivity index (χ3n) is 2.58. The first-order chi connectivity index (χ1) is 8.08. The van der Waals surface area contributed by atoms with Crippen LogP contribution < -0.4 is 10.3 Å². The Morgan fingerprint density at radius 1 is 1.47 bits per heavy atom. The molecule has 1 heterocycles. The molecular weight excluding hydrogens is 240 g/mol. The lowest BCUT2D eigenvalue weighted by atomic mass is 10.1. The maximum absolute atomic E-state index is 11.6. The smallest absolute Gasteiger partial charge is 0.266 e. The summed E-state index contributed by atoms with van der Waals surface area (Å²) in [5.41, 5.74) is 1.02. The summed E-state index contributed by atoms with van der Waals surface area (Å²) in [4.78, 5) is 14.2. The number of fused-ring (bicyclic) bond motifs is 1. The molecule has 0 amide bonds. The first kappa shape index (κ1) is 11.5. The van der Waals surface area contributed by atoms with Crippen molar-refractivity contribution >= 4 is 22.5 Å². The van der Waals surface area contributed by atoms with Crippen LogP contribution in [0.5, 0.6) is 5.75 Å². The van der Waals surface area contributed by atoms with Crippen LogP contribution in [-0.4, -0.2) is 12.1 Å². The lowest BCUT2D eigenvalue weighted by Gasteiger charge is -2.09. The third kappa shape index (κ3) is 1.75. The summed E-state index contributed by atoms with van der Waals surface area (Å²) in [6.45, 7) is 1.85. The Kier molecular flexibility index (Phi) is 2.78. The van der Waals surface area contributed by atoms with Crippen molar-refractivity contribution in [2.45, 2.75) is 6.92 Å². The average Bonchev–Trinajstić information content (AvgIpc) is 2.29. The first-order valence-electron chi connectivity index (χ1n) is 4.88. The van der Waals surface area contributed by atoms with Gasteiger partial charge in [-0.15, -0.1) is 0 Å². The number of aromatic nitrogens is 1. The van der Waals surface area contributed by atoms with Crippen LogP contribution in [0.3, 0.4) is 0 Å². The number of nitriles is 1. The Hall–Kier alpha value is -1.99. The summed E-state index contributed by atoms with van der Waals surface area (Å²) >= 11 is 6.02. The molecule has 5 heteroatoms. The van der Waals surface area contributed by atoms with E-state index in [9.17, 15) is 4.79 Å². The zero-order chi connectivity index (χ0) is 12.6. The second kappa shape index (κ2) is 4.11. The molecule has 4 nitrogen and oxygen atoms in total. The summed E-state index contributed by atoms with van der Waals surface area (Å²) in [7, 11) is 1.48. The van der Waals surface area contributed by atoms with Crippen LogP contribution in [0.2, 0.25) is 5.02 Å². The van der Waals surface area contributed by atoms with Crippen LogP contribution in [0.4, 0.5) is 0 Å². The Balaban J connectivity index is 3.00. The highest BCUT2D eigenvalue weighted by Crippen LogP contribution is 2.33. The summed E-state index contributed by atoms with van der Waals surface area (Å²) in [6.07, 6.45) is 0. The van der Waals surface area contributed by atoms with Crippen LogP contribution in [0.1, 0.15) is 11.1 Å². The quantitative estimate of drug-likeness (QED) is 0.843. The van der Waals surface area contributed by atoms with Gasteiger partial charge in [0.2, 0.25) is 0 Å². The van der Waals surface area contributed by atoms with Gasteiger partial charge in [-0.2, -0.15) is 5.26 Å². The highest BCUT2D eigenvalue weighted by Gasteiger charge is 2.12. The van der Waals surface area contributed by atoms with Crippen molar-refractivity contribution in [3.05, 3.63) is 38.6 Å². The van der Waals surface area contributed by atoms with Crippen molar-refractivity contribution in [1.29, 1.82) is 5.26 Å². The molecule has 2 rings (SSSR count). The fourth-order valence-electron chi connectivity index (χ4n) is 1.76. The van der Waals surface area contributed by atoms with Crippen molar-refractivity contribution < 1.29 is 4.74 Å². The van der Waals surface area contributed by atoms with Gasteiger partial charge in [0, 0.05) is 5.39 Å². The van der Waals surface area contributed by atoms with Gasteiger partial charge in [-0.3, -0.25) is 4.79 Å². The molecule has 0 fully saturated rings. The number of methoxy groups -OCH3 is 1. The number of aromatic amines is 1. The number of nitrogens with zero attached hydrogens (tertiary/aromatic N) is 1. The largest absolute Gasteiger partial charge is 0.493 e. The second-order valence-electron chi connectivity index (χ2n) is 3.62. The van der Waals surface area contributed by atoms with Gasteiger partial charge >= 0.3 is 0 Å². The van der Waals surface area contributed by atoms with Gasteiger partial charge in [0.1, 0.15) is 11.6 Å². The second-order valence-corrected chi connectivity index (χ2v) is 4.03. The van der Waals surface area contributed by atoms with Crippen molar-refractivity contribution in [2.24, 2.45) is 0 Å². The molecule has 0 bridgehead atoms. The molecular formula is C12H9ClN2O2. The minimum atomic E-state index is -0.444. The van der Waals surface area contributed by atoms with Crippen LogP contribution in [-0.2, 0) is 0 Å². The normalized spacial score (nSPS) is 10.2. The number of halogens is 1. The van der Waals surface area contributed by atoms with E-state index in [-0.39, 0.29) is 5.56 Å². The predicted octanol–water partition coefficient (Wildman–Crippen LogP) is 2.37. The van der Waals surface area contributed by atoms with Crippen molar-refractivity contribution in [3.63, 3.8) is 0 Å². The van der Waals surface area contributed by atoms with Crippen molar-refractivity contribution in [1.82, 2.24) is 4.98 Å². The maximum atomic E-state index is 11.6. The van der Waals surface area contributed by atoms with Crippen LogP contribution in [0, 0.1) is 18.3 Å². The molecule has 0 aliphatic heterocycles. The Bertz CT molecular complexity index is 698. The molecule has 2 aromatic rings. The first-order valence-corrected chi connectivity index (χ1v) is 5.26. The number of hydrogen-bond donors (Lipinski definition) is 1. The standard InChI is InChI=1S/C12H9ClN2O2/c1-6-3-9(13)11(17-2)10-8(6)4-7(5-14)12(16)15-10/h3-4H,1-2H3,(H,15,16). The number of pyridine rings is 1. The van der Waals surface area contributed by atoms with E-state index in [2.05, 4.69) is 4.98 Å². The minimum Gasteiger partial charge on any atom is -0.493 e. The number of aryl methyl sites for hydroxylation is 1. The van der Waals surface area contributed by atoms with E-state index < -0.39 is 5.56 Å². The van der Waals surface area contributed by atoms with E-state index in [1.54, 1.807) is 12.1 Å². The molecule has 0 aliphatic carbocycles. The number of hydrogen-bond acceptors (Lipinski definition) is 3. The van der Waals surface area contributed by atoms with Crippen LogP contribution >= 0.6 is 11.6 Å². The lowest BCUT2D eigenvalue weighted by molar-refractivity contribution is 0.419. The Labute approximate surface area is 102 Å². The molecule has 0 spiro atoms. The molecule has 0 saturated heterocycles. The van der Waals surface area contributed by atoms with E-state index in [1.807, 2.05) is 13.0 Å². The molecule has 0 aliphatic rings. The zero-order valence-corrected chi connectivity index (χ0v) is 10.1. The number of benzene rings is 1. The van der Waals surface area contributed by atoms with Crippen molar-refractivity contribution in [2.75, 3.05) is 7.11 Å². The minimum absolute atomic E-state index is 0.0741. The van der Waals surface area contributed by atoms with Crippen LogP contribution in [0.25, 0.3) is 10.9 Å². The third-order valence-corrected chi connectivity index (χ3v) is 2.86. The molecule has 0 atom stereocenters. The fraction of sp³-hybridized carbons (Fsp3) is 0.167. The van der Waals surface area contributed by atoms with Gasteiger partial charge in [0.25, 0.3) is 5.56 Å². The highest BCUT2D eigenvalue weighted by atomic mass is 35.5. The SMILES string of the molecule is COc1c(Cl)cc(C)c2cc(C#N)c(=O)[nH]c12. The summed E-state index contributed by atoms with van der Waals surface area (Å²) in [5, 5.41) is 10.0. The molecule has 17 heavy (non-hydrogen) atoms. The average molecular weight is 249 g/mol. The molecule has 1 N–H and O–H groups in total. The fourth-order valence-corrected chi connectivity index (χ4v) is 2.09. The number of nitrogens with one attached hydrogen (secondary N) is 1. The number of rotatable bonds is 1. The number of ether oxygens (including phenoxy) is 1. The molecule has 1 aromatic heterocycles. The molecule has 1 aromatic carbocycles. The van der Waals surface area contributed by atoms with E-state index in [0.29, 0.717) is 16.3 Å². The summed E-state index contributed by atoms with van der Waals surface area (Å²) in [5.74, 6) is 0.411. The van der Waals surface area contributed by atoms with Gasteiger partial charge in [-0.25, -0.2) is 0 Å². The van der Waals surface area contributed by atoms with Gasteiger partial charge in [-0.1, -0.05) is 11.6 Å². The molecule has 0 unspecified atom stereocenters. The number of H-pyrrole nitrogens is 1. The maximum Gasteiger partial charge on any atom is 0.266 e. The van der Waals surface area contributed by atoms with E-state index in [4.69, 9.17) is 21.6 Å². The van der Waals surface area contributed by atoms with Gasteiger partial charge in [0.05, 0.1) is 17.6 Å². The van der Waals surface area contributed by atoms with Gasteiger partial charge in [-0.05, 0) is 24.6 Å². The monoisotopic (exact) mass is 248 g/mol. The van der Waals surface area contributed by atoms with Gasteiger partial charge in [0.15, 0.2) is 5.75 Å². The summed E-state index contributed by atoms with van der Waals surface area (Å²) in [6, 6.07) is 5.13. The Morgan fingerprint density at radius 2 is 2.18 bits per heavy atom. The van der Waals surface area contributed by atoms with Crippen molar-refractivity contribution in [3.8, 4) is 11.8 Å². The van der Waals surface area contributed by atoms with Crippen LogP contribution in [0.15, 0.2) is 16.9 Å². The summed E-state index contributed by atoms with van der Waals surface area (Å²) < 4.78 is 5.16. The van der Waals surface area contributed by atoms with E-state index in [0.717, 1.165) is 10.9 Å². The lowest BCUT2D eigenvalue weighted by Crippen LogP contribution is -2.10. The Morgan fingerprint density at radius 3 is 2.76 bits per heavy atom. The predicted molar refractivity (Wildman–Crippen MR) is 65.6 cm³/mol. The van der Waals surface area contributed by atoms with Gasteiger partial charge < -0.3 is 9.72 Å².